The van der Waals surface area contributed by atoms with E-state index in [9.17, 15) is 4.79 Å². The van der Waals surface area contributed by atoms with Gasteiger partial charge in [-0.15, -0.1) is 0 Å². The largest absolute Gasteiger partial charge is 0.466 e. The van der Waals surface area contributed by atoms with Crippen molar-refractivity contribution in [1.82, 2.24) is 0 Å². The Balaban J connectivity index is 0. The SMILES string of the molecule is CC(C)=O.Nc1ccccc1.Nc1ccccc1.Nc1ccccc1.O=P(O)(O)O. The van der Waals surface area contributed by atoms with Crippen molar-refractivity contribution < 1.29 is 24.0 Å². The molecule has 9 N–H and O–H groups in total. The number of hydrogen-bond acceptors (Lipinski definition) is 5. The van der Waals surface area contributed by atoms with Gasteiger partial charge in [-0.05, 0) is 50.2 Å². The molecule has 0 aliphatic heterocycles. The molecule has 164 valence electrons. The number of ketones is 1. The smallest absolute Gasteiger partial charge is 0.399 e. The van der Waals surface area contributed by atoms with Crippen molar-refractivity contribution in [3.05, 3.63) is 91.0 Å². The van der Waals surface area contributed by atoms with E-state index in [2.05, 4.69) is 0 Å². The summed E-state index contributed by atoms with van der Waals surface area (Å²) >= 11 is 0. The molecule has 0 aliphatic carbocycles. The van der Waals surface area contributed by atoms with Crippen LogP contribution in [0.15, 0.2) is 91.0 Å². The van der Waals surface area contributed by atoms with Gasteiger partial charge in [0.05, 0.1) is 0 Å². The third kappa shape index (κ3) is 32.5. The number of Topliss-reactive ketones (excluding diaryl/α,β-unsaturated/α-hetero) is 1. The third-order valence-electron chi connectivity index (χ3n) is 2.40. The zero-order chi connectivity index (χ0) is 23.4. The summed E-state index contributed by atoms with van der Waals surface area (Å²) < 4.78 is 8.88. The van der Waals surface area contributed by atoms with E-state index in [4.69, 9.17) is 36.4 Å². The predicted molar refractivity (Wildman–Crippen MR) is 123 cm³/mol. The molecule has 3 aromatic rings. The lowest BCUT2D eigenvalue weighted by Crippen LogP contribution is -1.79. The summed E-state index contributed by atoms with van der Waals surface area (Å²) in [6, 6.07) is 28.5. The van der Waals surface area contributed by atoms with Gasteiger partial charge in [0.2, 0.25) is 0 Å². The monoisotopic (exact) mass is 435 g/mol. The van der Waals surface area contributed by atoms with Gasteiger partial charge in [0.15, 0.2) is 0 Å². The summed E-state index contributed by atoms with van der Waals surface area (Å²) in [5.74, 6) is 0.167. The first-order chi connectivity index (χ1) is 13.9. The van der Waals surface area contributed by atoms with Gasteiger partial charge < -0.3 is 36.7 Å². The van der Waals surface area contributed by atoms with Gasteiger partial charge in [0.1, 0.15) is 5.78 Å². The Kier molecular flexibility index (Phi) is 17.3. The number of phosphoric acid groups is 1. The quantitative estimate of drug-likeness (QED) is 0.230. The second-order valence-electron chi connectivity index (χ2n) is 5.65. The van der Waals surface area contributed by atoms with Gasteiger partial charge in [-0.3, -0.25) is 0 Å². The van der Waals surface area contributed by atoms with Gasteiger partial charge in [0.25, 0.3) is 0 Å². The van der Waals surface area contributed by atoms with Crippen molar-refractivity contribution in [2.75, 3.05) is 17.2 Å². The topological polar surface area (TPSA) is 173 Å². The van der Waals surface area contributed by atoms with Gasteiger partial charge in [0, 0.05) is 17.1 Å². The summed E-state index contributed by atoms with van der Waals surface area (Å²) in [4.78, 5) is 31.0. The predicted octanol–water partition coefficient (Wildman–Crippen LogP) is 3.47. The molecule has 3 rings (SSSR count). The molecule has 9 heteroatoms. The Labute approximate surface area is 177 Å². The summed E-state index contributed by atoms with van der Waals surface area (Å²) in [5.41, 5.74) is 18.5. The van der Waals surface area contributed by atoms with Crippen LogP contribution in [0.3, 0.4) is 0 Å². The van der Waals surface area contributed by atoms with E-state index in [1.165, 1.54) is 13.8 Å². The number of carbonyl (C=O) groups is 1. The molecule has 0 saturated carbocycles. The zero-order valence-electron chi connectivity index (χ0n) is 17.0. The molecule has 3 aromatic carbocycles. The molecule has 0 fully saturated rings. The van der Waals surface area contributed by atoms with E-state index < -0.39 is 7.82 Å². The maximum atomic E-state index is 9.44. The molecule has 0 bridgehead atoms. The highest BCUT2D eigenvalue weighted by molar-refractivity contribution is 7.45. The molecule has 0 radical (unpaired) electrons. The van der Waals surface area contributed by atoms with Crippen LogP contribution < -0.4 is 17.2 Å². The van der Waals surface area contributed by atoms with E-state index >= 15 is 0 Å². The summed E-state index contributed by atoms with van der Waals surface area (Å²) in [6.07, 6.45) is 0. The summed E-state index contributed by atoms with van der Waals surface area (Å²) in [5, 5.41) is 0. The van der Waals surface area contributed by atoms with Gasteiger partial charge in [-0.25, -0.2) is 4.57 Å². The van der Waals surface area contributed by atoms with E-state index in [0.29, 0.717) is 0 Å². The van der Waals surface area contributed by atoms with Crippen molar-refractivity contribution in [1.29, 1.82) is 0 Å². The number of rotatable bonds is 0. The molecule has 0 heterocycles. The number of benzene rings is 3. The first-order valence-electron chi connectivity index (χ1n) is 8.58. The Hall–Kier alpha value is -3.16. The van der Waals surface area contributed by atoms with Crippen LogP contribution >= 0.6 is 7.82 Å². The molecule has 0 aromatic heterocycles. The molecule has 0 unspecified atom stereocenters. The van der Waals surface area contributed by atoms with Crippen LogP contribution in [-0.4, -0.2) is 20.5 Å². The normalized spacial score (nSPS) is 8.83. The maximum absolute atomic E-state index is 9.44. The van der Waals surface area contributed by atoms with E-state index in [0.717, 1.165) is 17.1 Å². The van der Waals surface area contributed by atoms with Crippen LogP contribution in [0.5, 0.6) is 0 Å². The first-order valence-corrected chi connectivity index (χ1v) is 10.1. The zero-order valence-corrected chi connectivity index (χ0v) is 17.9. The minimum atomic E-state index is -4.64. The fraction of sp³-hybridized carbons (Fsp3) is 0.0952. The maximum Gasteiger partial charge on any atom is 0.466 e. The number of nitrogen functional groups attached to an aromatic ring is 3. The Morgan fingerprint density at radius 1 is 0.600 bits per heavy atom. The molecule has 8 nitrogen and oxygen atoms in total. The van der Waals surface area contributed by atoms with Gasteiger partial charge in [-0.2, -0.15) is 0 Å². The molecule has 0 spiro atoms. The summed E-state index contributed by atoms with van der Waals surface area (Å²) in [7, 11) is -4.64. The molecule has 0 aliphatic rings. The van der Waals surface area contributed by atoms with Gasteiger partial charge in [-0.1, -0.05) is 54.6 Å². The number of para-hydroxylation sites is 3. The van der Waals surface area contributed by atoms with E-state index in [1.54, 1.807) is 0 Å². The second kappa shape index (κ2) is 17.9. The molecular weight excluding hydrogens is 405 g/mol. The Morgan fingerprint density at radius 3 is 0.800 bits per heavy atom. The average molecular weight is 435 g/mol. The van der Waals surface area contributed by atoms with E-state index in [-0.39, 0.29) is 5.78 Å². The highest BCUT2D eigenvalue weighted by Crippen LogP contribution is 2.25. The second-order valence-corrected chi connectivity index (χ2v) is 6.68. The lowest BCUT2D eigenvalue weighted by Gasteiger charge is -1.83. The van der Waals surface area contributed by atoms with Crippen molar-refractivity contribution in [2.24, 2.45) is 0 Å². The Bertz CT molecular complexity index is 728. The van der Waals surface area contributed by atoms with E-state index in [1.807, 2.05) is 91.0 Å². The minimum absolute atomic E-state index is 0.167. The van der Waals surface area contributed by atoms with Crippen molar-refractivity contribution in [3.8, 4) is 0 Å². The average Bonchev–Trinajstić information content (AvgIpc) is 2.63. The Morgan fingerprint density at radius 2 is 0.733 bits per heavy atom. The third-order valence-corrected chi connectivity index (χ3v) is 2.40. The van der Waals surface area contributed by atoms with Crippen LogP contribution in [0, 0.1) is 0 Å². The highest BCUT2D eigenvalue weighted by atomic mass is 31.2. The fourth-order valence-electron chi connectivity index (χ4n) is 1.36. The number of carbonyl (C=O) groups excluding carboxylic acids is 1. The number of anilines is 3. The van der Waals surface area contributed by atoms with Crippen LogP contribution in [0.25, 0.3) is 0 Å². The summed E-state index contributed by atoms with van der Waals surface area (Å²) in [6.45, 7) is 3.06. The fourth-order valence-corrected chi connectivity index (χ4v) is 1.36. The first kappa shape index (κ1) is 29.0. The van der Waals surface area contributed by atoms with Crippen molar-refractivity contribution in [2.45, 2.75) is 13.8 Å². The van der Waals surface area contributed by atoms with Crippen LogP contribution in [0.4, 0.5) is 17.1 Å². The molecule has 0 saturated heterocycles. The molecule has 0 amide bonds. The lowest BCUT2D eigenvalue weighted by molar-refractivity contribution is -0.115. The number of nitrogens with two attached hydrogens (primary N) is 3. The van der Waals surface area contributed by atoms with Crippen LogP contribution in [0.2, 0.25) is 0 Å². The molecule has 30 heavy (non-hydrogen) atoms. The van der Waals surface area contributed by atoms with Crippen molar-refractivity contribution >= 4 is 30.7 Å². The van der Waals surface area contributed by atoms with Crippen LogP contribution in [0.1, 0.15) is 13.8 Å². The van der Waals surface area contributed by atoms with Crippen LogP contribution in [-0.2, 0) is 9.36 Å². The van der Waals surface area contributed by atoms with Crippen molar-refractivity contribution in [3.63, 3.8) is 0 Å². The minimum Gasteiger partial charge on any atom is -0.399 e. The molecular formula is C21H30N3O5P. The highest BCUT2D eigenvalue weighted by Gasteiger charge is 2.00. The molecule has 0 atom stereocenters. The standard InChI is InChI=1S/3C6H7N.C3H6O.H3O4P/c3*7-6-4-2-1-3-5-6;1-3(2)4;1-5(2,3)4/h3*1-5H,7H2;1-2H3;(H3,1,2,3,4). The van der Waals surface area contributed by atoms with Gasteiger partial charge >= 0.3 is 7.82 Å². The number of hydrogen-bond donors (Lipinski definition) is 6. The lowest BCUT2D eigenvalue weighted by atomic mass is 10.3.